The second kappa shape index (κ2) is 47.4. The summed E-state index contributed by atoms with van der Waals surface area (Å²) in [6.07, 6.45) is 37.1. The lowest BCUT2D eigenvalue weighted by Gasteiger charge is -2.31. The molecule has 0 spiro atoms. The molecule has 1 heterocycles. The number of esters is 1. The zero-order valence-corrected chi connectivity index (χ0v) is 37.9. The summed E-state index contributed by atoms with van der Waals surface area (Å²) < 4.78 is 5.26. The molecule has 0 aromatic carbocycles. The maximum atomic E-state index is 11.6. The third-order valence-electron chi connectivity index (χ3n) is 10.6. The highest BCUT2D eigenvalue weighted by atomic mass is 32.2. The molecule has 0 aromatic rings. The fourth-order valence-electron chi connectivity index (χ4n) is 6.65. The maximum absolute atomic E-state index is 11.6. The number of nitrogens with zero attached hydrogens (tertiary/aromatic N) is 2. The van der Waals surface area contributed by atoms with E-state index in [1.807, 2.05) is 0 Å². The molecule has 9 heteroatoms. The van der Waals surface area contributed by atoms with E-state index in [-0.39, 0.29) is 12.0 Å². The highest BCUT2D eigenvalue weighted by Crippen LogP contribution is 2.17. The van der Waals surface area contributed by atoms with Gasteiger partial charge in [0, 0.05) is 50.9 Å². The summed E-state index contributed by atoms with van der Waals surface area (Å²) in [7, 11) is 2.17. The van der Waals surface area contributed by atoms with Gasteiger partial charge in [0.05, 0.1) is 19.1 Å². The number of carbonyl (C=O) groups excluding carboxylic acids is 3. The molecule has 4 N–H and O–H groups in total. The molecular formula is C46H94N4O4S. The molecule has 0 aliphatic carbocycles. The number of nitrogens with two attached hydrogens (primary N) is 2. The van der Waals surface area contributed by atoms with Gasteiger partial charge < -0.3 is 30.7 Å². The molecule has 55 heavy (non-hydrogen) atoms. The summed E-state index contributed by atoms with van der Waals surface area (Å²) in [4.78, 5) is 37.7. The Kier molecular flexibility index (Phi) is 48.3. The van der Waals surface area contributed by atoms with E-state index in [2.05, 4.69) is 37.6 Å². The lowest BCUT2D eigenvalue weighted by molar-refractivity contribution is -0.143. The molecule has 0 amide bonds. The summed E-state index contributed by atoms with van der Waals surface area (Å²) in [6, 6.07) is -0.375. The highest BCUT2D eigenvalue weighted by Gasteiger charge is 2.12. The van der Waals surface area contributed by atoms with Crippen LogP contribution in [0.3, 0.4) is 0 Å². The standard InChI is InChI=1S/C23H45NO3S.C16H32O.C7H17N3/c1-2-3-4-5-6-7-8-9-10-11-12-13-14-15-18-27-23(26)17-20-28-19-16-22(24)21-25;1-3-5-7-9-10-12-14-16(15-17)13-11-8-6-4-2;1-9-4-6-10(3-2-8)7-5-9/h21-22H,2-20,24H2,1H3;15-16H,3-14H2,1-2H3;2-8H2,1H3. The van der Waals surface area contributed by atoms with E-state index < -0.39 is 0 Å². The normalized spacial score (nSPS) is 14.3. The van der Waals surface area contributed by atoms with Crippen LogP contribution in [0.25, 0.3) is 0 Å². The molecule has 2 unspecified atom stereocenters. The molecule has 0 radical (unpaired) electrons. The molecule has 1 aliphatic heterocycles. The molecule has 2 atom stereocenters. The number of carbonyl (C=O) groups is 3. The van der Waals surface area contributed by atoms with Crippen molar-refractivity contribution in [3.8, 4) is 0 Å². The summed E-state index contributed by atoms with van der Waals surface area (Å²) in [5, 5.41) is 0. The fraction of sp³-hybridized carbons (Fsp3) is 0.935. The van der Waals surface area contributed by atoms with Crippen molar-refractivity contribution in [2.45, 2.75) is 207 Å². The Morgan fingerprint density at radius 2 is 1.05 bits per heavy atom. The highest BCUT2D eigenvalue weighted by molar-refractivity contribution is 7.99. The lowest BCUT2D eigenvalue weighted by atomic mass is 9.95. The van der Waals surface area contributed by atoms with Crippen LogP contribution in [-0.4, -0.2) is 98.8 Å². The van der Waals surface area contributed by atoms with Gasteiger partial charge in [0.25, 0.3) is 0 Å². The number of unbranched alkanes of at least 4 members (excludes halogenated alkanes) is 21. The van der Waals surface area contributed by atoms with E-state index in [1.165, 1.54) is 174 Å². The van der Waals surface area contributed by atoms with E-state index in [1.54, 1.807) is 11.8 Å². The van der Waals surface area contributed by atoms with E-state index >= 15 is 0 Å². The number of aldehydes is 2. The summed E-state index contributed by atoms with van der Waals surface area (Å²) in [6.45, 7) is 13.9. The molecule has 0 aromatic heterocycles. The molecule has 0 saturated carbocycles. The zero-order chi connectivity index (χ0) is 40.9. The van der Waals surface area contributed by atoms with Crippen LogP contribution in [-0.2, 0) is 19.1 Å². The van der Waals surface area contributed by atoms with E-state index in [0.717, 1.165) is 56.6 Å². The Balaban J connectivity index is 0. The topological polar surface area (TPSA) is 119 Å². The van der Waals surface area contributed by atoms with Crippen molar-refractivity contribution < 1.29 is 19.1 Å². The minimum Gasteiger partial charge on any atom is -0.466 e. The SMILES string of the molecule is CCCCCCCCC(C=O)CCCCCC.CCCCCCCCCCCCCCCCOC(=O)CCSCCC(N)C=O.CN1CCN(CCN)CC1. The van der Waals surface area contributed by atoms with Crippen molar-refractivity contribution in [2.75, 3.05) is 64.4 Å². The monoisotopic (exact) mass is 799 g/mol. The minimum atomic E-state index is -0.375. The number of hydrogen-bond donors (Lipinski definition) is 2. The molecule has 8 nitrogen and oxygen atoms in total. The zero-order valence-electron chi connectivity index (χ0n) is 37.1. The van der Waals surface area contributed by atoms with Crippen LogP contribution in [0.5, 0.6) is 0 Å². The predicted molar refractivity (Wildman–Crippen MR) is 241 cm³/mol. The molecule has 328 valence electrons. The van der Waals surface area contributed by atoms with Crippen molar-refractivity contribution in [1.82, 2.24) is 9.80 Å². The summed E-state index contributed by atoms with van der Waals surface area (Å²) in [5.74, 6) is 1.79. The van der Waals surface area contributed by atoms with Gasteiger partial charge in [-0.2, -0.15) is 11.8 Å². The Hall–Kier alpha value is -1.00. The summed E-state index contributed by atoms with van der Waals surface area (Å²) >= 11 is 1.65. The van der Waals surface area contributed by atoms with Crippen molar-refractivity contribution in [3.05, 3.63) is 0 Å². The van der Waals surface area contributed by atoms with Crippen LogP contribution in [0.4, 0.5) is 0 Å². The van der Waals surface area contributed by atoms with Gasteiger partial charge in [0.2, 0.25) is 0 Å². The largest absolute Gasteiger partial charge is 0.466 e. The third-order valence-corrected chi connectivity index (χ3v) is 11.6. The van der Waals surface area contributed by atoms with Crippen molar-refractivity contribution in [3.63, 3.8) is 0 Å². The van der Waals surface area contributed by atoms with Gasteiger partial charge >= 0.3 is 5.97 Å². The third kappa shape index (κ3) is 45.6. The molecule has 1 rings (SSSR count). The molecule has 1 saturated heterocycles. The molecular weight excluding hydrogens is 705 g/mol. The second-order valence-electron chi connectivity index (χ2n) is 16.0. The predicted octanol–water partition coefficient (Wildman–Crippen LogP) is 10.8. The van der Waals surface area contributed by atoms with E-state index in [4.69, 9.17) is 16.2 Å². The van der Waals surface area contributed by atoms with Gasteiger partial charge in [-0.05, 0) is 38.5 Å². The first-order valence-electron chi connectivity index (χ1n) is 23.4. The van der Waals surface area contributed by atoms with E-state index in [0.29, 0.717) is 25.4 Å². The maximum Gasteiger partial charge on any atom is 0.306 e. The Bertz CT molecular complexity index is 785. The van der Waals surface area contributed by atoms with Crippen LogP contribution in [0.15, 0.2) is 0 Å². The quantitative estimate of drug-likeness (QED) is 0.0360. The Morgan fingerprint density at radius 1 is 0.618 bits per heavy atom. The number of thioether (sulfide) groups is 1. The lowest BCUT2D eigenvalue weighted by Crippen LogP contribution is -2.45. The van der Waals surface area contributed by atoms with Crippen molar-refractivity contribution in [2.24, 2.45) is 17.4 Å². The van der Waals surface area contributed by atoms with Crippen molar-refractivity contribution >= 4 is 30.3 Å². The average Bonchev–Trinajstić information content (AvgIpc) is 3.19. The Labute approximate surface area is 346 Å². The first-order chi connectivity index (χ1) is 26.9. The first kappa shape index (κ1) is 56.1. The molecule has 0 bridgehead atoms. The van der Waals surface area contributed by atoms with Gasteiger partial charge in [-0.3, -0.25) is 9.69 Å². The summed E-state index contributed by atoms with van der Waals surface area (Å²) in [5.41, 5.74) is 11.0. The first-order valence-corrected chi connectivity index (χ1v) is 24.5. The number of rotatable bonds is 37. The minimum absolute atomic E-state index is 0.109. The molecule has 1 aliphatic rings. The van der Waals surface area contributed by atoms with Crippen molar-refractivity contribution in [1.29, 1.82) is 0 Å². The van der Waals surface area contributed by atoms with Gasteiger partial charge in [0.15, 0.2) is 0 Å². The smallest absolute Gasteiger partial charge is 0.306 e. The van der Waals surface area contributed by atoms with Crippen LogP contribution >= 0.6 is 11.8 Å². The number of hydrogen-bond acceptors (Lipinski definition) is 9. The van der Waals surface area contributed by atoms with Crippen LogP contribution in [0.2, 0.25) is 0 Å². The van der Waals surface area contributed by atoms with Crippen LogP contribution < -0.4 is 11.5 Å². The van der Waals surface area contributed by atoms with Crippen LogP contribution in [0, 0.1) is 5.92 Å². The second-order valence-corrected chi connectivity index (χ2v) is 17.2. The Morgan fingerprint density at radius 3 is 1.49 bits per heavy atom. The van der Waals surface area contributed by atoms with Gasteiger partial charge in [-0.15, -0.1) is 0 Å². The van der Waals surface area contributed by atoms with Crippen LogP contribution in [0.1, 0.15) is 201 Å². The number of piperazine rings is 1. The number of ether oxygens (including phenoxy) is 1. The van der Waals surface area contributed by atoms with Gasteiger partial charge in [-0.25, -0.2) is 0 Å². The fourth-order valence-corrected chi connectivity index (χ4v) is 7.61. The average molecular weight is 799 g/mol. The van der Waals surface area contributed by atoms with E-state index in [9.17, 15) is 14.4 Å². The number of likely N-dealkylation sites (N-methyl/N-ethyl adjacent to an activating group) is 1. The van der Waals surface area contributed by atoms with Gasteiger partial charge in [0.1, 0.15) is 12.6 Å². The van der Waals surface area contributed by atoms with Gasteiger partial charge in [-0.1, -0.05) is 168 Å². The molecule has 1 fully saturated rings.